The first-order valence-corrected chi connectivity index (χ1v) is 8.23. The predicted molar refractivity (Wildman–Crippen MR) is 83.9 cm³/mol. The van der Waals surface area contributed by atoms with Crippen molar-refractivity contribution in [2.24, 2.45) is 4.99 Å². The van der Waals surface area contributed by atoms with Crippen LogP contribution < -0.4 is 9.83 Å². The van der Waals surface area contributed by atoms with Crippen LogP contribution in [0.5, 0.6) is 0 Å². The highest BCUT2D eigenvalue weighted by Crippen LogP contribution is 2.21. The van der Waals surface area contributed by atoms with Gasteiger partial charge in [-0.15, -0.1) is 0 Å². The van der Waals surface area contributed by atoms with Gasteiger partial charge in [-0.2, -0.15) is 0 Å². The number of benzene rings is 2. The Morgan fingerprint density at radius 3 is 2.38 bits per heavy atom. The first-order chi connectivity index (χ1) is 9.94. The maximum absolute atomic E-state index is 12.3. The van der Waals surface area contributed by atoms with E-state index in [1.54, 1.807) is 24.3 Å². The van der Waals surface area contributed by atoms with Gasteiger partial charge in [0.25, 0.3) is 10.0 Å². The summed E-state index contributed by atoms with van der Waals surface area (Å²) in [5, 5.41) is 11.7. The second-order valence-electron chi connectivity index (χ2n) is 4.13. The van der Waals surface area contributed by atoms with Crippen molar-refractivity contribution in [3.63, 3.8) is 0 Å². The summed E-state index contributed by atoms with van der Waals surface area (Å²) in [6, 6.07) is 12.5. The molecular weight excluding hydrogens is 356 g/mol. The molecule has 0 unspecified atom stereocenters. The maximum atomic E-state index is 12.3. The molecule has 2 aromatic carbocycles. The van der Waals surface area contributed by atoms with Crippen LogP contribution in [0.4, 0.5) is 5.69 Å². The fourth-order valence-corrected chi connectivity index (χ4v) is 3.04. The summed E-state index contributed by atoms with van der Waals surface area (Å²) in [5.41, 5.74) is 0.414. The van der Waals surface area contributed by atoms with Crippen LogP contribution in [0.1, 0.15) is 5.56 Å². The van der Waals surface area contributed by atoms with Gasteiger partial charge in [0.15, 0.2) is 0 Å². The van der Waals surface area contributed by atoms with E-state index in [9.17, 15) is 13.5 Å². The van der Waals surface area contributed by atoms with Crippen LogP contribution in [0.3, 0.4) is 0 Å². The van der Waals surface area contributed by atoms with Crippen molar-refractivity contribution in [1.82, 2.24) is 0 Å². The molecule has 0 aliphatic heterocycles. The van der Waals surface area contributed by atoms with Crippen LogP contribution in [0.25, 0.3) is 0 Å². The second-order valence-corrected chi connectivity index (χ2v) is 6.73. The highest BCUT2D eigenvalue weighted by molar-refractivity contribution is 9.10. The number of sulfonamides is 1. The van der Waals surface area contributed by atoms with E-state index in [2.05, 4.69) is 25.6 Å². The smallest absolute Gasteiger partial charge is 0.261 e. The molecule has 0 saturated carbocycles. The summed E-state index contributed by atoms with van der Waals surface area (Å²) < 4.78 is 27.8. The van der Waals surface area contributed by atoms with Crippen molar-refractivity contribution in [3.05, 3.63) is 58.6 Å². The van der Waals surface area contributed by atoms with E-state index in [4.69, 9.17) is 0 Å². The topological polar surface area (TPSA) is 81.6 Å². The monoisotopic (exact) mass is 367 g/mol. The van der Waals surface area contributed by atoms with Crippen molar-refractivity contribution in [3.8, 4) is 0 Å². The SMILES string of the molecule is CN=C([O-])c1ccccc1NS(=O)(=O)c1ccc(Br)cc1. The molecule has 2 rings (SSSR count). The van der Waals surface area contributed by atoms with Crippen LogP contribution in [-0.4, -0.2) is 21.4 Å². The van der Waals surface area contributed by atoms with Gasteiger partial charge in [-0.25, -0.2) is 8.42 Å². The minimum absolute atomic E-state index is 0.112. The quantitative estimate of drug-likeness (QED) is 0.662. The van der Waals surface area contributed by atoms with Crippen molar-refractivity contribution in [2.45, 2.75) is 4.90 Å². The zero-order valence-electron chi connectivity index (χ0n) is 11.1. The molecule has 21 heavy (non-hydrogen) atoms. The maximum Gasteiger partial charge on any atom is 0.261 e. The third-order valence-corrected chi connectivity index (χ3v) is 4.64. The zero-order chi connectivity index (χ0) is 15.5. The van der Waals surface area contributed by atoms with Crippen LogP contribution in [0.2, 0.25) is 0 Å². The average molecular weight is 368 g/mol. The van der Waals surface area contributed by atoms with Crippen molar-refractivity contribution in [1.29, 1.82) is 0 Å². The average Bonchev–Trinajstić information content (AvgIpc) is 2.47. The highest BCUT2D eigenvalue weighted by Gasteiger charge is 2.15. The molecule has 5 nitrogen and oxygen atoms in total. The Labute approximate surface area is 131 Å². The Morgan fingerprint density at radius 1 is 1.14 bits per heavy atom. The van der Waals surface area contributed by atoms with Crippen LogP contribution in [0, 0.1) is 0 Å². The number of anilines is 1. The third kappa shape index (κ3) is 3.62. The lowest BCUT2D eigenvalue weighted by Crippen LogP contribution is -2.22. The molecule has 7 heteroatoms. The fraction of sp³-hybridized carbons (Fsp3) is 0.0714. The molecule has 0 bridgehead atoms. The van der Waals surface area contributed by atoms with Gasteiger partial charge < -0.3 is 10.1 Å². The normalized spacial score (nSPS) is 12.2. The first kappa shape index (κ1) is 15.5. The van der Waals surface area contributed by atoms with Crippen LogP contribution in [0.15, 0.2) is 62.9 Å². The van der Waals surface area contributed by atoms with Crippen molar-refractivity contribution >= 4 is 37.5 Å². The highest BCUT2D eigenvalue weighted by atomic mass is 79.9. The molecule has 0 aromatic heterocycles. The molecule has 110 valence electrons. The summed E-state index contributed by atoms with van der Waals surface area (Å²) in [7, 11) is -2.40. The summed E-state index contributed by atoms with van der Waals surface area (Å²) in [6.07, 6.45) is 0. The van der Waals surface area contributed by atoms with Gasteiger partial charge in [0.05, 0.1) is 10.6 Å². The van der Waals surface area contributed by atoms with E-state index in [-0.39, 0.29) is 16.1 Å². The number of rotatable bonds is 4. The summed E-state index contributed by atoms with van der Waals surface area (Å²) >= 11 is 3.25. The molecular formula is C14H12BrN2O3S-. The standard InChI is InChI=1S/C14H13BrN2O3S/c1-16-14(18)12-4-2-3-5-13(12)17-21(19,20)11-8-6-10(15)7-9-11/h2-9,17H,1H3,(H,16,18)/p-1. The van der Waals surface area contributed by atoms with Crippen molar-refractivity contribution < 1.29 is 13.5 Å². The van der Waals surface area contributed by atoms with Gasteiger partial charge in [-0.1, -0.05) is 34.1 Å². The van der Waals surface area contributed by atoms with Gasteiger partial charge >= 0.3 is 0 Å². The second kappa shape index (κ2) is 6.28. The Hall–Kier alpha value is -1.86. The van der Waals surface area contributed by atoms with Gasteiger partial charge in [-0.05, 0) is 36.2 Å². The number of halogens is 1. The van der Waals surface area contributed by atoms with Gasteiger partial charge in [0.2, 0.25) is 0 Å². The van der Waals surface area contributed by atoms with Crippen molar-refractivity contribution in [2.75, 3.05) is 11.8 Å². The number of aliphatic imine (C=N–C) groups is 1. The van der Waals surface area contributed by atoms with Crippen LogP contribution >= 0.6 is 15.9 Å². The minimum atomic E-state index is -3.76. The molecule has 0 amide bonds. The predicted octanol–water partition coefficient (Wildman–Crippen LogP) is 1.99. The fourth-order valence-electron chi connectivity index (χ4n) is 1.70. The molecule has 0 aliphatic carbocycles. The van der Waals surface area contributed by atoms with E-state index in [0.29, 0.717) is 0 Å². The lowest BCUT2D eigenvalue weighted by Gasteiger charge is -2.16. The van der Waals surface area contributed by atoms with E-state index >= 15 is 0 Å². The lowest BCUT2D eigenvalue weighted by molar-refractivity contribution is -0.212. The van der Waals surface area contributed by atoms with E-state index in [1.165, 1.54) is 31.3 Å². The molecule has 0 spiro atoms. The number of hydrogen-bond acceptors (Lipinski definition) is 4. The van der Waals surface area contributed by atoms with E-state index in [0.717, 1.165) is 4.47 Å². The zero-order valence-corrected chi connectivity index (χ0v) is 13.5. The van der Waals surface area contributed by atoms with Gasteiger partial charge in [0.1, 0.15) is 0 Å². The molecule has 0 fully saturated rings. The summed E-state index contributed by atoms with van der Waals surface area (Å²) in [4.78, 5) is 3.67. The Bertz CT molecular complexity index is 771. The Morgan fingerprint density at radius 2 is 1.76 bits per heavy atom. The molecule has 0 aliphatic rings. The largest absolute Gasteiger partial charge is 0.858 e. The van der Waals surface area contributed by atoms with E-state index < -0.39 is 15.9 Å². The van der Waals surface area contributed by atoms with Gasteiger partial charge in [0, 0.05) is 17.1 Å². The Kier molecular flexibility index (Phi) is 4.64. The molecule has 0 radical (unpaired) electrons. The number of hydrogen-bond donors (Lipinski definition) is 1. The molecule has 0 saturated heterocycles. The molecule has 0 atom stereocenters. The lowest BCUT2D eigenvalue weighted by atomic mass is 10.2. The molecule has 1 N–H and O–H groups in total. The number of nitrogens with zero attached hydrogens (tertiary/aromatic N) is 1. The Balaban J connectivity index is 2.40. The molecule has 2 aromatic rings. The third-order valence-electron chi connectivity index (χ3n) is 2.73. The molecule has 0 heterocycles. The number of para-hydroxylation sites is 1. The first-order valence-electron chi connectivity index (χ1n) is 5.95. The summed E-state index contributed by atoms with van der Waals surface area (Å²) in [5.74, 6) is -0.482. The minimum Gasteiger partial charge on any atom is -0.858 e. The summed E-state index contributed by atoms with van der Waals surface area (Å²) in [6.45, 7) is 0. The number of nitrogens with one attached hydrogen (secondary N) is 1. The van der Waals surface area contributed by atoms with Gasteiger partial charge in [-0.3, -0.25) is 4.72 Å². The van der Waals surface area contributed by atoms with E-state index in [1.807, 2.05) is 0 Å². The van der Waals surface area contributed by atoms with Crippen LogP contribution in [-0.2, 0) is 10.0 Å².